The van der Waals surface area contributed by atoms with E-state index in [0.29, 0.717) is 5.41 Å². The van der Waals surface area contributed by atoms with Gasteiger partial charge in [0.2, 0.25) is 0 Å². The fourth-order valence-electron chi connectivity index (χ4n) is 8.04. The van der Waals surface area contributed by atoms with Crippen LogP contribution in [0.3, 0.4) is 0 Å². The highest BCUT2D eigenvalue weighted by molar-refractivity contribution is 5.08. The van der Waals surface area contributed by atoms with Crippen molar-refractivity contribution in [1.82, 2.24) is 0 Å². The zero-order valence-electron chi connectivity index (χ0n) is 14.0. The van der Waals surface area contributed by atoms with E-state index in [2.05, 4.69) is 20.8 Å². The lowest BCUT2D eigenvalue weighted by Crippen LogP contribution is -2.54. The van der Waals surface area contributed by atoms with E-state index < -0.39 is 0 Å². The molecule has 0 nitrogen and oxygen atoms in total. The Kier molecular flexibility index (Phi) is 3.07. The zero-order valence-corrected chi connectivity index (χ0v) is 14.0. The highest BCUT2D eigenvalue weighted by Crippen LogP contribution is 2.67. The van der Waals surface area contributed by atoms with Gasteiger partial charge in [-0.3, -0.25) is 0 Å². The van der Waals surface area contributed by atoms with Crippen LogP contribution in [0, 0.1) is 40.4 Å². The van der Waals surface area contributed by atoms with Gasteiger partial charge in [-0.25, -0.2) is 0 Å². The summed E-state index contributed by atoms with van der Waals surface area (Å²) in [4.78, 5) is 0. The Labute approximate surface area is 126 Å². The Bertz CT molecular complexity index is 385. The quantitative estimate of drug-likeness (QED) is 0.504. The van der Waals surface area contributed by atoms with Crippen molar-refractivity contribution < 1.29 is 0 Å². The summed E-state index contributed by atoms with van der Waals surface area (Å²) < 4.78 is 0. The van der Waals surface area contributed by atoms with E-state index in [9.17, 15) is 0 Å². The molecule has 0 heterocycles. The lowest BCUT2D eigenvalue weighted by molar-refractivity contribution is -0.130. The average Bonchev–Trinajstić information content (AvgIpc) is 2.78. The van der Waals surface area contributed by atoms with Gasteiger partial charge in [0.15, 0.2) is 0 Å². The SMILES string of the molecule is C[C@@H]1C[C@]2(C)CCC[C@H]2[C@@H]2CCC3CCCC[C@]3(C)[C@H]21. The predicted octanol–water partition coefficient (Wildman–Crippen LogP) is 6.06. The Morgan fingerprint density at radius 2 is 1.70 bits per heavy atom. The number of fused-ring (bicyclic) bond motifs is 5. The van der Waals surface area contributed by atoms with E-state index in [-0.39, 0.29) is 0 Å². The maximum absolute atomic E-state index is 2.71. The molecule has 0 heteroatoms. The van der Waals surface area contributed by atoms with Crippen LogP contribution in [-0.2, 0) is 0 Å². The molecule has 4 rings (SSSR count). The number of hydrogen-bond acceptors (Lipinski definition) is 0. The molecule has 0 N–H and O–H groups in total. The summed E-state index contributed by atoms with van der Waals surface area (Å²) in [7, 11) is 0. The Morgan fingerprint density at radius 1 is 0.850 bits per heavy atom. The normalized spacial score (nSPS) is 58.6. The lowest BCUT2D eigenvalue weighted by Gasteiger charge is -2.62. The minimum atomic E-state index is 0.713. The van der Waals surface area contributed by atoms with Crippen LogP contribution in [-0.4, -0.2) is 0 Å². The summed E-state index contributed by atoms with van der Waals surface area (Å²) >= 11 is 0. The van der Waals surface area contributed by atoms with E-state index in [1.54, 1.807) is 38.5 Å². The molecule has 7 atom stereocenters. The summed E-state index contributed by atoms with van der Waals surface area (Å²) in [5, 5.41) is 0. The van der Waals surface area contributed by atoms with Crippen LogP contribution in [0.25, 0.3) is 0 Å². The summed E-state index contributed by atoms with van der Waals surface area (Å²) in [6.07, 6.45) is 15.4. The first kappa shape index (κ1) is 13.6. The molecule has 0 amide bonds. The Balaban J connectivity index is 1.69. The molecule has 0 aromatic heterocycles. The highest BCUT2D eigenvalue weighted by Gasteiger charge is 2.59. The molecule has 4 aliphatic rings. The third-order valence-corrected chi connectivity index (χ3v) is 8.60. The fraction of sp³-hybridized carbons (Fsp3) is 1.00. The maximum atomic E-state index is 2.71. The van der Waals surface area contributed by atoms with E-state index in [0.717, 1.165) is 35.0 Å². The molecule has 20 heavy (non-hydrogen) atoms. The van der Waals surface area contributed by atoms with Gasteiger partial charge >= 0.3 is 0 Å². The van der Waals surface area contributed by atoms with Gasteiger partial charge in [0, 0.05) is 0 Å². The first-order chi connectivity index (χ1) is 9.55. The van der Waals surface area contributed by atoms with Crippen LogP contribution >= 0.6 is 0 Å². The fourth-order valence-corrected chi connectivity index (χ4v) is 8.04. The molecule has 0 aromatic carbocycles. The molecule has 4 saturated carbocycles. The lowest BCUT2D eigenvalue weighted by atomic mass is 9.43. The topological polar surface area (TPSA) is 0 Å². The van der Waals surface area contributed by atoms with Crippen LogP contribution in [0.1, 0.15) is 85.0 Å². The first-order valence-electron chi connectivity index (χ1n) is 9.55. The van der Waals surface area contributed by atoms with Gasteiger partial charge in [-0.05, 0) is 85.4 Å². The average molecular weight is 274 g/mol. The van der Waals surface area contributed by atoms with E-state index in [1.165, 1.54) is 25.7 Å². The second-order valence-electron chi connectivity index (χ2n) is 9.55. The van der Waals surface area contributed by atoms with Gasteiger partial charge in [0.1, 0.15) is 0 Å². The standard InChI is InChI=1S/C20H34/c1-14-13-19(2)11-6-8-17(19)16-10-9-15-7-4-5-12-20(15,3)18(14)16/h14-18H,4-13H2,1-3H3/t14-,15?,16+,17+,18+,19+,20+/m1/s1. The highest BCUT2D eigenvalue weighted by atomic mass is 14.6. The first-order valence-corrected chi connectivity index (χ1v) is 9.55. The molecule has 0 spiro atoms. The second-order valence-corrected chi connectivity index (χ2v) is 9.55. The van der Waals surface area contributed by atoms with Crippen molar-refractivity contribution in [2.24, 2.45) is 40.4 Å². The van der Waals surface area contributed by atoms with Gasteiger partial charge in [0.25, 0.3) is 0 Å². The molecule has 0 aliphatic heterocycles. The molecule has 1 unspecified atom stereocenters. The van der Waals surface area contributed by atoms with E-state index in [4.69, 9.17) is 0 Å². The molecule has 4 aliphatic carbocycles. The number of hydrogen-bond donors (Lipinski definition) is 0. The van der Waals surface area contributed by atoms with Crippen molar-refractivity contribution in [2.45, 2.75) is 85.0 Å². The maximum Gasteiger partial charge on any atom is -0.0264 e. The summed E-state index contributed by atoms with van der Waals surface area (Å²) in [6.45, 7) is 7.98. The van der Waals surface area contributed by atoms with Gasteiger partial charge < -0.3 is 0 Å². The van der Waals surface area contributed by atoms with E-state index >= 15 is 0 Å². The molecule has 0 bridgehead atoms. The van der Waals surface area contributed by atoms with Crippen molar-refractivity contribution in [3.63, 3.8) is 0 Å². The third-order valence-electron chi connectivity index (χ3n) is 8.60. The van der Waals surface area contributed by atoms with Gasteiger partial charge in [0.05, 0.1) is 0 Å². The van der Waals surface area contributed by atoms with Crippen molar-refractivity contribution in [2.75, 3.05) is 0 Å². The molecule has 0 radical (unpaired) electrons. The van der Waals surface area contributed by atoms with Gasteiger partial charge in [-0.15, -0.1) is 0 Å². The van der Waals surface area contributed by atoms with Crippen molar-refractivity contribution >= 4 is 0 Å². The van der Waals surface area contributed by atoms with Gasteiger partial charge in [-0.2, -0.15) is 0 Å². The number of rotatable bonds is 0. The zero-order chi connectivity index (χ0) is 14.0. The molecule has 0 aromatic rings. The summed E-state index contributed by atoms with van der Waals surface area (Å²) in [5.41, 5.74) is 1.43. The smallest absolute Gasteiger partial charge is 0.0264 e. The minimum absolute atomic E-state index is 0.713. The van der Waals surface area contributed by atoms with Crippen LogP contribution < -0.4 is 0 Å². The van der Waals surface area contributed by atoms with Crippen molar-refractivity contribution in [3.05, 3.63) is 0 Å². The molecular formula is C20H34. The molecule has 4 fully saturated rings. The minimum Gasteiger partial charge on any atom is -0.0622 e. The Morgan fingerprint density at radius 3 is 2.55 bits per heavy atom. The summed E-state index contributed by atoms with van der Waals surface area (Å²) in [5.74, 6) is 5.31. The van der Waals surface area contributed by atoms with E-state index in [1.807, 2.05) is 0 Å². The second kappa shape index (κ2) is 4.50. The predicted molar refractivity (Wildman–Crippen MR) is 85.5 cm³/mol. The Hall–Kier alpha value is 0. The van der Waals surface area contributed by atoms with Crippen LogP contribution in [0.4, 0.5) is 0 Å². The van der Waals surface area contributed by atoms with Crippen LogP contribution in [0.15, 0.2) is 0 Å². The van der Waals surface area contributed by atoms with Gasteiger partial charge in [-0.1, -0.05) is 40.0 Å². The van der Waals surface area contributed by atoms with Crippen molar-refractivity contribution in [1.29, 1.82) is 0 Å². The summed E-state index contributed by atoms with van der Waals surface area (Å²) in [6, 6.07) is 0. The van der Waals surface area contributed by atoms with Crippen LogP contribution in [0.5, 0.6) is 0 Å². The molecule has 114 valence electrons. The third kappa shape index (κ3) is 1.72. The van der Waals surface area contributed by atoms with Crippen LogP contribution in [0.2, 0.25) is 0 Å². The van der Waals surface area contributed by atoms with Crippen molar-refractivity contribution in [3.8, 4) is 0 Å². The molecule has 0 saturated heterocycles. The monoisotopic (exact) mass is 274 g/mol. The largest absolute Gasteiger partial charge is 0.0622 e. The molecular weight excluding hydrogens is 240 g/mol.